The SMILES string of the molecule is CCNCCNc1cccc(C2CC2)n1. The van der Waals surface area contributed by atoms with E-state index in [0.717, 1.165) is 31.4 Å². The highest BCUT2D eigenvalue weighted by Crippen LogP contribution is 2.39. The predicted octanol–water partition coefficient (Wildman–Crippen LogP) is 1.98. The Balaban J connectivity index is 1.82. The summed E-state index contributed by atoms with van der Waals surface area (Å²) in [5, 5.41) is 6.61. The van der Waals surface area contributed by atoms with Gasteiger partial charge in [0.2, 0.25) is 0 Å². The lowest BCUT2D eigenvalue weighted by molar-refractivity contribution is 0.737. The van der Waals surface area contributed by atoms with Gasteiger partial charge in [0.15, 0.2) is 0 Å². The molecule has 0 saturated heterocycles. The minimum Gasteiger partial charge on any atom is -0.369 e. The summed E-state index contributed by atoms with van der Waals surface area (Å²) in [6, 6.07) is 6.27. The van der Waals surface area contributed by atoms with Gasteiger partial charge in [0, 0.05) is 24.7 Å². The summed E-state index contributed by atoms with van der Waals surface area (Å²) in [5.74, 6) is 1.75. The van der Waals surface area contributed by atoms with Gasteiger partial charge in [-0.1, -0.05) is 13.0 Å². The maximum Gasteiger partial charge on any atom is 0.126 e. The Morgan fingerprint density at radius 2 is 2.20 bits per heavy atom. The molecule has 0 aliphatic heterocycles. The smallest absolute Gasteiger partial charge is 0.126 e. The molecular weight excluding hydrogens is 186 g/mol. The number of aromatic nitrogens is 1. The third-order valence-electron chi connectivity index (χ3n) is 2.62. The standard InChI is InChI=1S/C12H19N3/c1-2-13-8-9-14-12-5-3-4-11(15-12)10-6-7-10/h3-5,10,13H,2,6-9H2,1H3,(H,14,15). The van der Waals surface area contributed by atoms with Gasteiger partial charge in [-0.15, -0.1) is 0 Å². The van der Waals surface area contributed by atoms with Gasteiger partial charge in [0.1, 0.15) is 5.82 Å². The Bertz CT molecular complexity index is 307. The summed E-state index contributed by atoms with van der Waals surface area (Å²) < 4.78 is 0. The molecule has 1 saturated carbocycles. The molecule has 3 heteroatoms. The van der Waals surface area contributed by atoms with Crippen molar-refractivity contribution in [3.63, 3.8) is 0 Å². The fourth-order valence-corrected chi connectivity index (χ4v) is 1.61. The average molecular weight is 205 g/mol. The molecule has 3 nitrogen and oxygen atoms in total. The summed E-state index contributed by atoms with van der Waals surface area (Å²) in [6.07, 6.45) is 2.63. The molecule has 0 spiro atoms. The quantitative estimate of drug-likeness (QED) is 0.697. The van der Waals surface area contributed by atoms with Gasteiger partial charge in [-0.3, -0.25) is 0 Å². The molecule has 1 heterocycles. The number of nitrogens with one attached hydrogen (secondary N) is 2. The van der Waals surface area contributed by atoms with Crippen LogP contribution >= 0.6 is 0 Å². The third kappa shape index (κ3) is 3.20. The van der Waals surface area contributed by atoms with Gasteiger partial charge in [-0.05, 0) is 31.5 Å². The fourth-order valence-electron chi connectivity index (χ4n) is 1.61. The number of nitrogens with zero attached hydrogens (tertiary/aromatic N) is 1. The number of hydrogen-bond donors (Lipinski definition) is 2. The van der Waals surface area contributed by atoms with Crippen LogP contribution in [0.15, 0.2) is 18.2 Å². The van der Waals surface area contributed by atoms with Crippen molar-refractivity contribution in [2.45, 2.75) is 25.7 Å². The molecule has 1 aromatic rings. The average Bonchev–Trinajstić information content (AvgIpc) is 3.09. The Labute approximate surface area is 91.3 Å². The molecule has 0 aromatic carbocycles. The van der Waals surface area contributed by atoms with Crippen molar-refractivity contribution in [1.82, 2.24) is 10.3 Å². The van der Waals surface area contributed by atoms with Crippen molar-refractivity contribution < 1.29 is 0 Å². The number of pyridine rings is 1. The van der Waals surface area contributed by atoms with Crippen molar-refractivity contribution in [2.24, 2.45) is 0 Å². The van der Waals surface area contributed by atoms with Crippen LogP contribution in [0.5, 0.6) is 0 Å². The first-order valence-corrected chi connectivity index (χ1v) is 5.81. The summed E-state index contributed by atoms with van der Waals surface area (Å²) in [6.45, 7) is 5.07. The van der Waals surface area contributed by atoms with E-state index in [4.69, 9.17) is 0 Å². The van der Waals surface area contributed by atoms with Crippen molar-refractivity contribution >= 4 is 5.82 Å². The molecule has 0 amide bonds. The zero-order valence-electron chi connectivity index (χ0n) is 9.29. The van der Waals surface area contributed by atoms with E-state index in [1.54, 1.807) is 0 Å². The normalized spacial score (nSPS) is 15.3. The van der Waals surface area contributed by atoms with Crippen LogP contribution in [0.4, 0.5) is 5.82 Å². The second-order valence-electron chi connectivity index (χ2n) is 4.00. The van der Waals surface area contributed by atoms with E-state index in [9.17, 15) is 0 Å². The van der Waals surface area contributed by atoms with Crippen LogP contribution in [0.3, 0.4) is 0 Å². The van der Waals surface area contributed by atoms with E-state index in [0.29, 0.717) is 0 Å². The Morgan fingerprint density at radius 3 is 2.93 bits per heavy atom. The number of likely N-dealkylation sites (N-methyl/N-ethyl adjacent to an activating group) is 1. The largest absolute Gasteiger partial charge is 0.369 e. The highest BCUT2D eigenvalue weighted by Gasteiger charge is 2.24. The van der Waals surface area contributed by atoms with Crippen molar-refractivity contribution in [1.29, 1.82) is 0 Å². The lowest BCUT2D eigenvalue weighted by Gasteiger charge is -2.07. The van der Waals surface area contributed by atoms with E-state index in [-0.39, 0.29) is 0 Å². The molecule has 2 rings (SSSR count). The molecule has 2 N–H and O–H groups in total. The van der Waals surface area contributed by atoms with Gasteiger partial charge in [-0.25, -0.2) is 4.98 Å². The van der Waals surface area contributed by atoms with E-state index < -0.39 is 0 Å². The van der Waals surface area contributed by atoms with Gasteiger partial charge in [0.05, 0.1) is 0 Å². The van der Waals surface area contributed by atoms with Gasteiger partial charge in [-0.2, -0.15) is 0 Å². The highest BCUT2D eigenvalue weighted by molar-refractivity contribution is 5.36. The molecule has 0 unspecified atom stereocenters. The van der Waals surface area contributed by atoms with Crippen LogP contribution in [0.2, 0.25) is 0 Å². The summed E-state index contributed by atoms with van der Waals surface area (Å²) >= 11 is 0. The molecule has 1 fully saturated rings. The van der Waals surface area contributed by atoms with E-state index in [2.05, 4.69) is 34.7 Å². The second-order valence-corrected chi connectivity index (χ2v) is 4.00. The zero-order chi connectivity index (χ0) is 10.5. The van der Waals surface area contributed by atoms with Crippen LogP contribution in [0.25, 0.3) is 0 Å². The number of hydrogen-bond acceptors (Lipinski definition) is 3. The van der Waals surface area contributed by atoms with Crippen LogP contribution in [-0.4, -0.2) is 24.6 Å². The monoisotopic (exact) mass is 205 g/mol. The number of anilines is 1. The first-order valence-electron chi connectivity index (χ1n) is 5.81. The fraction of sp³-hybridized carbons (Fsp3) is 0.583. The predicted molar refractivity (Wildman–Crippen MR) is 63.2 cm³/mol. The first kappa shape index (κ1) is 10.4. The second kappa shape index (κ2) is 5.12. The van der Waals surface area contributed by atoms with Crippen molar-refractivity contribution in [3.8, 4) is 0 Å². The minimum atomic E-state index is 0.737. The van der Waals surface area contributed by atoms with Crippen molar-refractivity contribution in [2.75, 3.05) is 25.0 Å². The zero-order valence-corrected chi connectivity index (χ0v) is 9.29. The van der Waals surface area contributed by atoms with Gasteiger partial charge in [0.25, 0.3) is 0 Å². The molecule has 1 aliphatic carbocycles. The van der Waals surface area contributed by atoms with Gasteiger partial charge < -0.3 is 10.6 Å². The first-order chi connectivity index (χ1) is 7.40. The molecule has 1 aromatic heterocycles. The van der Waals surface area contributed by atoms with E-state index in [1.165, 1.54) is 18.5 Å². The molecular formula is C12H19N3. The highest BCUT2D eigenvalue weighted by atomic mass is 15.0. The van der Waals surface area contributed by atoms with E-state index in [1.807, 2.05) is 6.07 Å². The maximum absolute atomic E-state index is 4.59. The van der Waals surface area contributed by atoms with Gasteiger partial charge >= 0.3 is 0 Å². The topological polar surface area (TPSA) is 37.0 Å². The summed E-state index contributed by atoms with van der Waals surface area (Å²) in [7, 11) is 0. The van der Waals surface area contributed by atoms with Crippen LogP contribution in [0.1, 0.15) is 31.4 Å². The van der Waals surface area contributed by atoms with Crippen LogP contribution in [0, 0.1) is 0 Å². The van der Waals surface area contributed by atoms with Crippen LogP contribution < -0.4 is 10.6 Å². The molecule has 15 heavy (non-hydrogen) atoms. The van der Waals surface area contributed by atoms with E-state index >= 15 is 0 Å². The molecule has 1 aliphatic rings. The Hall–Kier alpha value is -1.09. The summed E-state index contributed by atoms with van der Waals surface area (Å²) in [4.78, 5) is 4.59. The Morgan fingerprint density at radius 1 is 1.33 bits per heavy atom. The maximum atomic E-state index is 4.59. The molecule has 82 valence electrons. The Kier molecular flexibility index (Phi) is 3.56. The molecule has 0 radical (unpaired) electrons. The lowest BCUT2D eigenvalue weighted by Crippen LogP contribution is -2.21. The molecule has 0 atom stereocenters. The lowest BCUT2D eigenvalue weighted by atomic mass is 10.2. The minimum absolute atomic E-state index is 0.737. The number of rotatable bonds is 6. The van der Waals surface area contributed by atoms with Crippen LogP contribution in [-0.2, 0) is 0 Å². The molecule has 0 bridgehead atoms. The summed E-state index contributed by atoms with van der Waals surface area (Å²) in [5.41, 5.74) is 1.25. The van der Waals surface area contributed by atoms with Crippen molar-refractivity contribution in [3.05, 3.63) is 23.9 Å². The third-order valence-corrected chi connectivity index (χ3v) is 2.62.